The quantitative estimate of drug-likeness (QED) is 0.163. The van der Waals surface area contributed by atoms with Gasteiger partial charge in [-0.15, -0.1) is 0 Å². The van der Waals surface area contributed by atoms with E-state index in [1.165, 1.54) is 50.0 Å². The molecule has 190 valence electrons. The van der Waals surface area contributed by atoms with Gasteiger partial charge in [-0.05, 0) is 66.3 Å². The molecule has 2 nitrogen and oxygen atoms in total. The highest BCUT2D eigenvalue weighted by Crippen LogP contribution is 2.52. The molecule has 2 aliphatic carbocycles. The van der Waals surface area contributed by atoms with Gasteiger partial charge < -0.3 is 9.47 Å². The first-order valence-electron chi connectivity index (χ1n) is 13.6. The first-order valence-corrected chi connectivity index (χ1v) is 14.9. The van der Waals surface area contributed by atoms with Gasteiger partial charge in [-0.2, -0.15) is 0 Å². The zero-order chi connectivity index (χ0) is 26.2. The number of benzene rings is 3. The maximum atomic E-state index is 2.58. The molecule has 1 fully saturated rings. The zero-order valence-corrected chi connectivity index (χ0v) is 24.6. The third-order valence-electron chi connectivity index (χ3n) is 8.61. The third-order valence-corrected chi connectivity index (χ3v) is 9.48. The maximum Gasteiger partial charge on any atom is 0.0712 e. The Labute approximate surface area is 239 Å². The number of fused-ring (bicyclic) bond motifs is 6. The van der Waals surface area contributed by atoms with E-state index in [0.29, 0.717) is 9.84 Å². The minimum Gasteiger partial charge on any atom is -0.331 e. The van der Waals surface area contributed by atoms with Crippen molar-refractivity contribution in [1.82, 2.24) is 4.57 Å². The van der Waals surface area contributed by atoms with Gasteiger partial charge in [-0.1, -0.05) is 110 Å². The van der Waals surface area contributed by atoms with Crippen molar-refractivity contribution in [2.24, 2.45) is 5.92 Å². The molecule has 1 saturated heterocycles. The summed E-state index contributed by atoms with van der Waals surface area (Å²) < 4.78 is 3.00. The van der Waals surface area contributed by atoms with Crippen molar-refractivity contribution in [1.29, 1.82) is 0 Å². The van der Waals surface area contributed by atoms with Crippen molar-refractivity contribution in [2.75, 3.05) is 4.90 Å². The fourth-order valence-corrected chi connectivity index (χ4v) is 7.34. The van der Waals surface area contributed by atoms with Crippen molar-refractivity contribution >= 4 is 50.1 Å². The van der Waals surface area contributed by atoms with E-state index in [-0.39, 0.29) is 11.0 Å². The van der Waals surface area contributed by atoms with Crippen LogP contribution in [-0.4, -0.2) is 14.0 Å². The molecule has 3 aliphatic rings. The number of para-hydroxylation sites is 1. The molecule has 4 aromatic rings. The normalized spacial score (nSPS) is 24.5. The van der Waals surface area contributed by atoms with Crippen LogP contribution in [0.25, 0.3) is 27.5 Å². The Kier molecular flexibility index (Phi) is 5.36. The number of hydrogen-bond acceptors (Lipinski definition) is 1. The van der Waals surface area contributed by atoms with E-state index in [1.807, 2.05) is 0 Å². The maximum absolute atomic E-state index is 2.58. The molecule has 0 spiro atoms. The number of hydrogen-bond donors (Lipinski definition) is 0. The lowest BCUT2D eigenvalue weighted by Gasteiger charge is -2.38. The van der Waals surface area contributed by atoms with E-state index in [9.17, 15) is 0 Å². The Bertz CT molecular complexity index is 1720. The summed E-state index contributed by atoms with van der Waals surface area (Å²) in [5.74, 6) is 0.365. The summed E-state index contributed by atoms with van der Waals surface area (Å²) in [6.45, 7) is 9.26. The smallest absolute Gasteiger partial charge is 0.0712 e. The van der Waals surface area contributed by atoms with Crippen LogP contribution in [0.5, 0.6) is 0 Å². The third kappa shape index (κ3) is 3.51. The van der Waals surface area contributed by atoms with Gasteiger partial charge >= 0.3 is 0 Å². The van der Waals surface area contributed by atoms with Crippen LogP contribution in [0.15, 0.2) is 114 Å². The van der Waals surface area contributed by atoms with E-state index in [0.717, 1.165) is 6.42 Å². The van der Waals surface area contributed by atoms with E-state index in [1.54, 1.807) is 0 Å². The van der Waals surface area contributed by atoms with Crippen molar-refractivity contribution in [3.8, 4) is 5.69 Å². The SMILES string of the molecule is CC(C)(C)c1ccc2c(c1)c1ccccc1n2-c1cccc(N2C3=CCC(I)C=C3C3C=CC=CC32C)c1. The Morgan fingerprint density at radius 3 is 2.50 bits per heavy atom. The van der Waals surface area contributed by atoms with Crippen LogP contribution >= 0.6 is 22.6 Å². The number of allylic oxidation sites excluding steroid dienone is 5. The highest BCUT2D eigenvalue weighted by molar-refractivity contribution is 14.1. The standard InChI is InChI=1S/C35H33IN2/c1-34(2,3)23-15-17-32-28(20-23)27-12-5-6-14-31(27)37(32)25-10-9-11-26(22-25)38-33-18-16-24(36)21-29(33)30-13-7-8-19-35(30,38)4/h5-15,17-22,24,30H,16H2,1-4H3. The summed E-state index contributed by atoms with van der Waals surface area (Å²) >= 11 is 2.57. The Balaban J connectivity index is 1.43. The van der Waals surface area contributed by atoms with E-state index >= 15 is 0 Å². The molecule has 0 N–H and O–H groups in total. The topological polar surface area (TPSA) is 8.17 Å². The van der Waals surface area contributed by atoms with Crippen LogP contribution in [0.4, 0.5) is 5.69 Å². The molecular weight excluding hydrogens is 575 g/mol. The molecule has 3 unspecified atom stereocenters. The molecule has 2 heterocycles. The van der Waals surface area contributed by atoms with Crippen LogP contribution in [-0.2, 0) is 5.41 Å². The molecule has 7 rings (SSSR count). The summed E-state index contributed by atoms with van der Waals surface area (Å²) in [7, 11) is 0. The Hall–Kier alpha value is -3.05. The lowest BCUT2D eigenvalue weighted by Crippen LogP contribution is -2.43. The van der Waals surface area contributed by atoms with Crippen LogP contribution in [0, 0.1) is 5.92 Å². The fourth-order valence-electron chi connectivity index (χ4n) is 6.70. The molecule has 1 aliphatic heterocycles. The average Bonchev–Trinajstić information content (AvgIpc) is 3.37. The molecular formula is C35H33IN2. The van der Waals surface area contributed by atoms with E-state index in [2.05, 4.69) is 163 Å². The second kappa shape index (κ2) is 8.47. The zero-order valence-electron chi connectivity index (χ0n) is 22.4. The fraction of sp³-hybridized carbons (Fsp3) is 0.257. The van der Waals surface area contributed by atoms with Crippen molar-refractivity contribution < 1.29 is 0 Å². The number of anilines is 1. The number of nitrogens with zero attached hydrogens (tertiary/aromatic N) is 2. The van der Waals surface area contributed by atoms with Crippen molar-refractivity contribution in [2.45, 2.75) is 49.0 Å². The van der Waals surface area contributed by atoms with Gasteiger partial charge in [0.15, 0.2) is 0 Å². The van der Waals surface area contributed by atoms with Crippen molar-refractivity contribution in [3.63, 3.8) is 0 Å². The second-order valence-electron chi connectivity index (χ2n) is 12.1. The second-order valence-corrected chi connectivity index (χ2v) is 13.7. The number of rotatable bonds is 2. The first kappa shape index (κ1) is 24.0. The molecule has 38 heavy (non-hydrogen) atoms. The molecule has 0 amide bonds. The molecule has 3 atom stereocenters. The predicted octanol–water partition coefficient (Wildman–Crippen LogP) is 9.42. The van der Waals surface area contributed by atoms with Gasteiger partial charge in [-0.3, -0.25) is 0 Å². The minimum atomic E-state index is -0.117. The van der Waals surface area contributed by atoms with Gasteiger partial charge in [0.2, 0.25) is 0 Å². The van der Waals surface area contributed by atoms with Gasteiger partial charge in [0.25, 0.3) is 0 Å². The summed E-state index contributed by atoms with van der Waals surface area (Å²) in [6, 6.07) is 25.0. The summed E-state index contributed by atoms with van der Waals surface area (Å²) in [6.07, 6.45) is 15.2. The molecule has 3 aromatic carbocycles. The first-order chi connectivity index (χ1) is 18.3. The van der Waals surface area contributed by atoms with Gasteiger partial charge in [0, 0.05) is 37.7 Å². The highest BCUT2D eigenvalue weighted by Gasteiger charge is 2.49. The largest absolute Gasteiger partial charge is 0.331 e. The van der Waals surface area contributed by atoms with Crippen molar-refractivity contribution in [3.05, 3.63) is 120 Å². The number of alkyl halides is 1. The number of aromatic nitrogens is 1. The van der Waals surface area contributed by atoms with Crippen LogP contribution in [0.3, 0.4) is 0 Å². The van der Waals surface area contributed by atoms with Gasteiger partial charge in [0.05, 0.1) is 16.6 Å². The Morgan fingerprint density at radius 1 is 0.868 bits per heavy atom. The summed E-state index contributed by atoms with van der Waals surface area (Å²) in [5, 5.41) is 2.63. The lowest BCUT2D eigenvalue weighted by molar-refractivity contribution is 0.510. The number of halogens is 1. The lowest BCUT2D eigenvalue weighted by atomic mass is 9.80. The monoisotopic (exact) mass is 608 g/mol. The minimum absolute atomic E-state index is 0.108. The van der Waals surface area contributed by atoms with Crippen LogP contribution < -0.4 is 4.90 Å². The highest BCUT2D eigenvalue weighted by atomic mass is 127. The van der Waals surface area contributed by atoms with Crippen LogP contribution in [0.2, 0.25) is 0 Å². The molecule has 0 radical (unpaired) electrons. The molecule has 1 aromatic heterocycles. The Morgan fingerprint density at radius 2 is 1.66 bits per heavy atom. The van der Waals surface area contributed by atoms with E-state index in [4.69, 9.17) is 0 Å². The summed E-state index contributed by atoms with van der Waals surface area (Å²) in [5.41, 5.74) is 9.15. The van der Waals surface area contributed by atoms with Gasteiger partial charge in [0.1, 0.15) is 0 Å². The summed E-state index contributed by atoms with van der Waals surface area (Å²) in [4.78, 5) is 2.58. The van der Waals surface area contributed by atoms with Gasteiger partial charge in [-0.25, -0.2) is 0 Å². The molecule has 3 heteroatoms. The molecule has 0 bridgehead atoms. The molecule has 0 saturated carbocycles. The average molecular weight is 609 g/mol. The van der Waals surface area contributed by atoms with E-state index < -0.39 is 0 Å². The van der Waals surface area contributed by atoms with Crippen LogP contribution in [0.1, 0.15) is 39.7 Å². The predicted molar refractivity (Wildman–Crippen MR) is 171 cm³/mol.